The summed E-state index contributed by atoms with van der Waals surface area (Å²) < 4.78 is 5.44. The van der Waals surface area contributed by atoms with Gasteiger partial charge in [0.25, 0.3) is 5.56 Å². The first-order valence-electron chi connectivity index (χ1n) is 8.78. The number of hydrogen-bond donors (Lipinski definition) is 2. The number of pyridine rings is 1. The molecule has 0 unspecified atom stereocenters. The maximum absolute atomic E-state index is 12.9. The maximum Gasteiger partial charge on any atom is 0.337 e. The monoisotopic (exact) mass is 386 g/mol. The highest BCUT2D eigenvalue weighted by atomic mass is 32.2. The number of aromatic nitrogens is 3. The van der Waals surface area contributed by atoms with Gasteiger partial charge in [0.2, 0.25) is 0 Å². The fourth-order valence-corrected chi connectivity index (χ4v) is 3.67. The second-order valence-electron chi connectivity index (χ2n) is 6.40. The average molecular weight is 386 g/mol. The van der Waals surface area contributed by atoms with Gasteiger partial charge in [0.15, 0.2) is 5.16 Å². The molecule has 27 heavy (non-hydrogen) atoms. The number of ether oxygens (including phenoxy) is 1. The number of carbonyl (C=O) groups excluding carboxylic acids is 1. The third-order valence-electron chi connectivity index (χ3n) is 4.10. The van der Waals surface area contributed by atoms with E-state index in [1.54, 1.807) is 45.3 Å². The van der Waals surface area contributed by atoms with Gasteiger partial charge in [-0.2, -0.15) is 0 Å². The molecular weight excluding hydrogens is 364 g/mol. The molecule has 0 aromatic carbocycles. The van der Waals surface area contributed by atoms with Crippen LogP contribution in [-0.2, 0) is 9.53 Å². The summed E-state index contributed by atoms with van der Waals surface area (Å²) in [4.78, 5) is 37.1. The lowest BCUT2D eigenvalue weighted by molar-refractivity contribution is -0.143. The molecule has 3 heterocycles. The molecule has 0 radical (unpaired) electrons. The number of anilines is 1. The van der Waals surface area contributed by atoms with E-state index in [-0.39, 0.29) is 11.7 Å². The smallest absolute Gasteiger partial charge is 0.337 e. The van der Waals surface area contributed by atoms with Gasteiger partial charge in [-0.1, -0.05) is 18.7 Å². The van der Waals surface area contributed by atoms with Crippen LogP contribution in [0.5, 0.6) is 0 Å². The van der Waals surface area contributed by atoms with E-state index >= 15 is 0 Å². The highest BCUT2D eigenvalue weighted by Gasteiger charge is 2.36. The Bertz CT molecular complexity index is 938. The molecule has 0 spiro atoms. The lowest BCUT2D eigenvalue weighted by atomic mass is 9.83. The Hall–Kier alpha value is -2.61. The topological polar surface area (TPSA) is 97.0 Å². The Labute approximate surface area is 161 Å². The van der Waals surface area contributed by atoms with Gasteiger partial charge >= 0.3 is 5.97 Å². The summed E-state index contributed by atoms with van der Waals surface area (Å²) in [5, 5.41) is 3.67. The Balaban J connectivity index is 2.20. The molecule has 2 N–H and O–H groups in total. The van der Waals surface area contributed by atoms with E-state index in [2.05, 4.69) is 20.3 Å². The zero-order valence-electron chi connectivity index (χ0n) is 15.7. The van der Waals surface area contributed by atoms with E-state index < -0.39 is 11.9 Å². The minimum absolute atomic E-state index is 0.267. The van der Waals surface area contributed by atoms with Crippen molar-refractivity contribution in [2.24, 2.45) is 0 Å². The fourth-order valence-electron chi connectivity index (χ4n) is 3.07. The normalized spacial score (nSPS) is 16.1. The van der Waals surface area contributed by atoms with Crippen LogP contribution in [-0.4, -0.2) is 32.8 Å². The van der Waals surface area contributed by atoms with E-state index in [9.17, 15) is 9.59 Å². The Morgan fingerprint density at radius 2 is 2.04 bits per heavy atom. The summed E-state index contributed by atoms with van der Waals surface area (Å²) in [5.74, 6) is 0.229. The van der Waals surface area contributed by atoms with Gasteiger partial charge in [0, 0.05) is 18.1 Å². The molecule has 3 rings (SSSR count). The molecule has 1 atom stereocenters. The van der Waals surface area contributed by atoms with Gasteiger partial charge in [-0.3, -0.25) is 9.78 Å². The standard InChI is InChI=1S/C19H22N4O3S/c1-5-27-19-22-16-15(17(24)23-19)14(12-6-8-20-9-7-12)13(11(4)21-16)18(25)26-10(2)3/h6-10,14H,5H2,1-4H3,(H2,21,22,23,24)/t14-/m0/s1. The summed E-state index contributed by atoms with van der Waals surface area (Å²) in [6.07, 6.45) is 3.01. The molecule has 7 nitrogen and oxygen atoms in total. The van der Waals surface area contributed by atoms with Crippen molar-refractivity contribution < 1.29 is 9.53 Å². The third-order valence-corrected chi connectivity index (χ3v) is 4.86. The van der Waals surface area contributed by atoms with Gasteiger partial charge < -0.3 is 15.0 Å². The molecule has 2 aromatic rings. The lowest BCUT2D eigenvalue weighted by Gasteiger charge is -2.29. The number of esters is 1. The Kier molecular flexibility index (Phi) is 5.65. The summed E-state index contributed by atoms with van der Waals surface area (Å²) in [6, 6.07) is 3.59. The zero-order valence-corrected chi connectivity index (χ0v) is 16.5. The van der Waals surface area contributed by atoms with Crippen LogP contribution >= 0.6 is 11.8 Å². The van der Waals surface area contributed by atoms with Crippen LogP contribution in [0, 0.1) is 0 Å². The molecule has 8 heteroatoms. The SMILES string of the molecule is CCSc1nc2c(c(=O)[nH]1)[C@@H](c1ccncc1)C(C(=O)OC(C)C)=C(C)N2. The second kappa shape index (κ2) is 7.96. The molecule has 0 saturated carbocycles. The fraction of sp³-hybridized carbons (Fsp3) is 0.368. The summed E-state index contributed by atoms with van der Waals surface area (Å²) in [6.45, 7) is 7.37. The zero-order chi connectivity index (χ0) is 19.6. The number of rotatable bonds is 5. The summed E-state index contributed by atoms with van der Waals surface area (Å²) in [7, 11) is 0. The van der Waals surface area contributed by atoms with Gasteiger partial charge in [-0.05, 0) is 44.2 Å². The molecule has 2 aromatic heterocycles. The summed E-state index contributed by atoms with van der Waals surface area (Å²) >= 11 is 1.45. The molecule has 0 amide bonds. The van der Waals surface area contributed by atoms with Crippen LogP contribution in [0.25, 0.3) is 0 Å². The van der Waals surface area contributed by atoms with Crippen molar-refractivity contribution in [3.05, 3.63) is 57.3 Å². The average Bonchev–Trinajstić information content (AvgIpc) is 2.60. The van der Waals surface area contributed by atoms with Crippen molar-refractivity contribution >= 4 is 23.5 Å². The number of aromatic amines is 1. The largest absolute Gasteiger partial charge is 0.460 e. The van der Waals surface area contributed by atoms with E-state index in [1.165, 1.54) is 11.8 Å². The minimum Gasteiger partial charge on any atom is -0.460 e. The first-order valence-corrected chi connectivity index (χ1v) is 9.76. The summed E-state index contributed by atoms with van der Waals surface area (Å²) in [5.41, 5.74) is 1.95. The van der Waals surface area contributed by atoms with Crippen molar-refractivity contribution in [1.82, 2.24) is 15.0 Å². The highest BCUT2D eigenvalue weighted by Crippen LogP contribution is 2.39. The van der Waals surface area contributed by atoms with Crippen LogP contribution in [0.1, 0.15) is 44.7 Å². The van der Waals surface area contributed by atoms with E-state index in [0.717, 1.165) is 11.3 Å². The number of thioether (sulfide) groups is 1. The van der Waals surface area contributed by atoms with Crippen LogP contribution in [0.4, 0.5) is 5.82 Å². The van der Waals surface area contributed by atoms with Crippen molar-refractivity contribution in [2.75, 3.05) is 11.1 Å². The van der Waals surface area contributed by atoms with Gasteiger partial charge in [-0.15, -0.1) is 0 Å². The molecule has 0 saturated heterocycles. The Morgan fingerprint density at radius 1 is 1.33 bits per heavy atom. The number of allylic oxidation sites excluding steroid dienone is 1. The minimum atomic E-state index is -0.576. The first-order chi connectivity index (χ1) is 12.9. The lowest BCUT2D eigenvalue weighted by Crippen LogP contribution is -2.31. The highest BCUT2D eigenvalue weighted by molar-refractivity contribution is 7.99. The molecule has 1 aliphatic rings. The quantitative estimate of drug-likeness (QED) is 0.463. The predicted molar refractivity (Wildman–Crippen MR) is 105 cm³/mol. The van der Waals surface area contributed by atoms with Gasteiger partial charge in [-0.25, -0.2) is 9.78 Å². The molecule has 0 aliphatic carbocycles. The van der Waals surface area contributed by atoms with Crippen molar-refractivity contribution in [3.8, 4) is 0 Å². The number of H-pyrrole nitrogens is 1. The number of carbonyl (C=O) groups is 1. The first kappa shape index (κ1) is 19.2. The molecule has 1 aliphatic heterocycles. The number of hydrogen-bond acceptors (Lipinski definition) is 7. The van der Waals surface area contributed by atoms with E-state index in [0.29, 0.717) is 27.8 Å². The molecule has 0 bridgehead atoms. The van der Waals surface area contributed by atoms with E-state index in [4.69, 9.17) is 4.74 Å². The van der Waals surface area contributed by atoms with Crippen LogP contribution < -0.4 is 10.9 Å². The van der Waals surface area contributed by atoms with Crippen LogP contribution in [0.2, 0.25) is 0 Å². The number of fused-ring (bicyclic) bond motifs is 1. The van der Waals surface area contributed by atoms with Crippen LogP contribution in [0.15, 0.2) is 45.7 Å². The maximum atomic E-state index is 12.9. The van der Waals surface area contributed by atoms with Gasteiger partial charge in [0.1, 0.15) is 5.82 Å². The molecule has 142 valence electrons. The second-order valence-corrected chi connectivity index (χ2v) is 7.65. The van der Waals surface area contributed by atoms with Crippen molar-refractivity contribution in [3.63, 3.8) is 0 Å². The predicted octanol–water partition coefficient (Wildman–Crippen LogP) is 3.06. The van der Waals surface area contributed by atoms with E-state index in [1.807, 2.05) is 6.92 Å². The molecule has 0 fully saturated rings. The molecular formula is C19H22N4O3S. The number of nitrogens with zero attached hydrogens (tertiary/aromatic N) is 2. The third kappa shape index (κ3) is 3.90. The van der Waals surface area contributed by atoms with Gasteiger partial charge in [0.05, 0.1) is 23.2 Å². The van der Waals surface area contributed by atoms with Crippen LogP contribution in [0.3, 0.4) is 0 Å². The Morgan fingerprint density at radius 3 is 2.67 bits per heavy atom. The van der Waals surface area contributed by atoms with Crippen molar-refractivity contribution in [1.29, 1.82) is 0 Å². The van der Waals surface area contributed by atoms with Crippen molar-refractivity contribution in [2.45, 2.75) is 44.9 Å². The number of nitrogens with one attached hydrogen (secondary N) is 2.